The first-order valence-electron chi connectivity index (χ1n) is 11.5. The predicted molar refractivity (Wildman–Crippen MR) is 125 cm³/mol. The molecule has 2 aliphatic heterocycles. The van der Waals surface area contributed by atoms with E-state index in [2.05, 4.69) is 15.0 Å². The fourth-order valence-electron chi connectivity index (χ4n) is 4.73. The van der Waals surface area contributed by atoms with Crippen LogP contribution in [0.15, 0.2) is 53.1 Å². The minimum Gasteiger partial charge on any atom is -0.366 e. The number of aryl methyl sites for hydroxylation is 1. The van der Waals surface area contributed by atoms with Crippen molar-refractivity contribution in [3.8, 4) is 11.4 Å². The molecule has 1 aromatic heterocycles. The second-order valence-corrected chi connectivity index (χ2v) is 8.74. The number of benzene rings is 2. The van der Waals surface area contributed by atoms with Gasteiger partial charge in [0.05, 0.1) is 5.69 Å². The normalized spacial score (nSPS) is 17.5. The van der Waals surface area contributed by atoms with Gasteiger partial charge in [0, 0.05) is 50.7 Å². The lowest BCUT2D eigenvalue weighted by molar-refractivity contribution is -0.136. The Morgan fingerprint density at radius 3 is 2.36 bits per heavy atom. The highest BCUT2D eigenvalue weighted by Crippen LogP contribution is 2.28. The molecule has 172 valence electrons. The number of nitrogens with zero attached hydrogens (tertiary/aromatic N) is 5. The highest BCUT2D eigenvalue weighted by molar-refractivity contribution is 5.79. The first kappa shape index (κ1) is 21.4. The lowest BCUT2D eigenvalue weighted by atomic mass is 9.95. The van der Waals surface area contributed by atoms with E-state index in [1.54, 1.807) is 12.1 Å². The topological polar surface area (TPSA) is 65.7 Å². The Labute approximate surface area is 192 Å². The molecule has 33 heavy (non-hydrogen) atoms. The highest BCUT2D eigenvalue weighted by atomic mass is 19.1. The van der Waals surface area contributed by atoms with Crippen molar-refractivity contribution < 1.29 is 13.7 Å². The number of amides is 1. The van der Waals surface area contributed by atoms with E-state index in [1.807, 2.05) is 47.1 Å². The number of piperazine rings is 1. The molecular weight excluding hydrogens is 421 g/mol. The van der Waals surface area contributed by atoms with Crippen molar-refractivity contribution in [2.75, 3.05) is 49.1 Å². The predicted octanol–water partition coefficient (Wildman–Crippen LogP) is 3.75. The Balaban J connectivity index is 1.15. The Kier molecular flexibility index (Phi) is 5.98. The van der Waals surface area contributed by atoms with Gasteiger partial charge in [-0.25, -0.2) is 4.39 Å². The number of aromatic nitrogens is 2. The van der Waals surface area contributed by atoms with Gasteiger partial charge in [-0.2, -0.15) is 4.98 Å². The van der Waals surface area contributed by atoms with Crippen molar-refractivity contribution in [3.05, 3.63) is 59.9 Å². The zero-order valence-corrected chi connectivity index (χ0v) is 18.8. The van der Waals surface area contributed by atoms with Crippen LogP contribution in [0.4, 0.5) is 16.1 Å². The van der Waals surface area contributed by atoms with Crippen LogP contribution >= 0.6 is 0 Å². The van der Waals surface area contributed by atoms with Gasteiger partial charge in [-0.05, 0) is 37.5 Å². The zero-order chi connectivity index (χ0) is 22.8. The van der Waals surface area contributed by atoms with Crippen LogP contribution in [0.5, 0.6) is 0 Å². The SMILES string of the molecule is Cc1ccccc1-c1noc(N2CCC(C(=O)N3CCN(c4ccccc4F)CC3)CC2)n1. The Bertz CT molecular complexity index is 1120. The van der Waals surface area contributed by atoms with E-state index in [1.165, 1.54) is 6.07 Å². The van der Waals surface area contributed by atoms with Gasteiger partial charge in [-0.15, -0.1) is 0 Å². The van der Waals surface area contributed by atoms with Gasteiger partial charge in [0.1, 0.15) is 5.82 Å². The third kappa shape index (κ3) is 4.42. The molecule has 7 nitrogen and oxygen atoms in total. The monoisotopic (exact) mass is 449 g/mol. The summed E-state index contributed by atoms with van der Waals surface area (Å²) in [7, 11) is 0. The van der Waals surface area contributed by atoms with E-state index in [0.29, 0.717) is 56.8 Å². The molecule has 0 bridgehead atoms. The average Bonchev–Trinajstić information content (AvgIpc) is 3.35. The Morgan fingerprint density at radius 2 is 1.64 bits per heavy atom. The van der Waals surface area contributed by atoms with E-state index in [-0.39, 0.29) is 17.6 Å². The van der Waals surface area contributed by atoms with Gasteiger partial charge >= 0.3 is 6.01 Å². The van der Waals surface area contributed by atoms with Crippen molar-refractivity contribution in [1.29, 1.82) is 0 Å². The molecule has 1 amide bonds. The number of rotatable bonds is 4. The summed E-state index contributed by atoms with van der Waals surface area (Å²) in [5.74, 6) is 0.583. The third-order valence-corrected chi connectivity index (χ3v) is 6.70. The van der Waals surface area contributed by atoms with Crippen molar-refractivity contribution >= 4 is 17.6 Å². The molecule has 3 aromatic rings. The van der Waals surface area contributed by atoms with Crippen molar-refractivity contribution in [3.63, 3.8) is 0 Å². The average molecular weight is 450 g/mol. The molecule has 0 spiro atoms. The van der Waals surface area contributed by atoms with Gasteiger partial charge in [0.2, 0.25) is 11.7 Å². The minimum atomic E-state index is -0.212. The van der Waals surface area contributed by atoms with Crippen LogP contribution in [-0.4, -0.2) is 60.2 Å². The maximum absolute atomic E-state index is 14.1. The summed E-state index contributed by atoms with van der Waals surface area (Å²) < 4.78 is 19.6. The van der Waals surface area contributed by atoms with Gasteiger partial charge in [0.25, 0.3) is 0 Å². The summed E-state index contributed by atoms with van der Waals surface area (Å²) in [6, 6.07) is 15.3. The Hall–Kier alpha value is -3.42. The quantitative estimate of drug-likeness (QED) is 0.605. The van der Waals surface area contributed by atoms with E-state index in [0.717, 1.165) is 24.0 Å². The molecule has 0 atom stereocenters. The number of piperidine rings is 1. The number of carbonyl (C=O) groups is 1. The van der Waals surface area contributed by atoms with Crippen LogP contribution in [0.1, 0.15) is 18.4 Å². The summed E-state index contributed by atoms with van der Waals surface area (Å²) in [6.45, 7) is 5.98. The van der Waals surface area contributed by atoms with E-state index in [4.69, 9.17) is 4.52 Å². The molecule has 2 aliphatic rings. The van der Waals surface area contributed by atoms with E-state index >= 15 is 0 Å². The molecule has 0 N–H and O–H groups in total. The van der Waals surface area contributed by atoms with Crippen LogP contribution in [0.3, 0.4) is 0 Å². The molecule has 5 rings (SSSR count). The second-order valence-electron chi connectivity index (χ2n) is 8.74. The molecular formula is C25H28FN5O2. The summed E-state index contributed by atoms with van der Waals surface area (Å²) in [6.07, 6.45) is 1.52. The second kappa shape index (κ2) is 9.21. The van der Waals surface area contributed by atoms with E-state index < -0.39 is 0 Å². The number of hydrogen-bond donors (Lipinski definition) is 0. The lowest BCUT2D eigenvalue weighted by Crippen LogP contribution is -2.52. The fourth-order valence-corrected chi connectivity index (χ4v) is 4.73. The molecule has 0 unspecified atom stereocenters. The van der Waals surface area contributed by atoms with Gasteiger partial charge in [-0.3, -0.25) is 4.79 Å². The summed E-state index contributed by atoms with van der Waals surface area (Å²) in [5, 5.41) is 4.15. The number of anilines is 2. The maximum Gasteiger partial charge on any atom is 0.324 e. The van der Waals surface area contributed by atoms with Gasteiger partial charge in [-0.1, -0.05) is 41.6 Å². The Morgan fingerprint density at radius 1 is 0.939 bits per heavy atom. The standard InChI is InChI=1S/C25H28FN5O2/c1-18-6-2-3-7-20(18)23-27-25(33-28-23)31-12-10-19(11-13-31)24(32)30-16-14-29(15-17-30)22-9-5-4-8-21(22)26/h2-9,19H,10-17H2,1H3. The summed E-state index contributed by atoms with van der Waals surface area (Å²) in [5.41, 5.74) is 2.68. The number of carbonyl (C=O) groups excluding carboxylic acids is 1. The smallest absolute Gasteiger partial charge is 0.324 e. The first-order valence-corrected chi connectivity index (χ1v) is 11.5. The molecule has 8 heteroatoms. The molecule has 0 aliphatic carbocycles. The number of hydrogen-bond acceptors (Lipinski definition) is 6. The third-order valence-electron chi connectivity index (χ3n) is 6.70. The van der Waals surface area contributed by atoms with Crippen molar-refractivity contribution in [2.45, 2.75) is 19.8 Å². The maximum atomic E-state index is 14.1. The molecule has 3 heterocycles. The van der Waals surface area contributed by atoms with Gasteiger partial charge in [0.15, 0.2) is 0 Å². The van der Waals surface area contributed by atoms with Crippen LogP contribution in [-0.2, 0) is 4.79 Å². The van der Waals surface area contributed by atoms with Crippen LogP contribution < -0.4 is 9.80 Å². The summed E-state index contributed by atoms with van der Waals surface area (Å²) in [4.78, 5) is 23.7. The largest absolute Gasteiger partial charge is 0.366 e. The molecule has 2 saturated heterocycles. The van der Waals surface area contributed by atoms with Crippen LogP contribution in [0, 0.1) is 18.7 Å². The molecule has 0 radical (unpaired) electrons. The lowest BCUT2D eigenvalue weighted by Gasteiger charge is -2.39. The van der Waals surface area contributed by atoms with E-state index in [9.17, 15) is 9.18 Å². The molecule has 2 aromatic carbocycles. The molecule has 0 saturated carbocycles. The fraction of sp³-hybridized carbons (Fsp3) is 0.400. The van der Waals surface area contributed by atoms with Crippen LogP contribution in [0.25, 0.3) is 11.4 Å². The summed E-state index contributed by atoms with van der Waals surface area (Å²) >= 11 is 0. The van der Waals surface area contributed by atoms with Crippen molar-refractivity contribution in [1.82, 2.24) is 15.0 Å². The number of halogens is 1. The first-order chi connectivity index (χ1) is 16.1. The van der Waals surface area contributed by atoms with Crippen molar-refractivity contribution in [2.24, 2.45) is 5.92 Å². The zero-order valence-electron chi connectivity index (χ0n) is 18.8. The van der Waals surface area contributed by atoms with Crippen LogP contribution in [0.2, 0.25) is 0 Å². The van der Waals surface area contributed by atoms with Gasteiger partial charge < -0.3 is 19.2 Å². The highest BCUT2D eigenvalue weighted by Gasteiger charge is 2.32. The molecule has 2 fully saturated rings. The number of para-hydroxylation sites is 1. The minimum absolute atomic E-state index is 0.0000195.